The minimum Gasteiger partial charge on any atom is -0.450 e. The Balaban J connectivity index is 1.79. The van der Waals surface area contributed by atoms with Crippen LogP contribution in [0.3, 0.4) is 0 Å². The van der Waals surface area contributed by atoms with Crippen molar-refractivity contribution in [2.45, 2.75) is 19.8 Å². The molecule has 5 nitrogen and oxygen atoms in total. The van der Waals surface area contributed by atoms with Crippen LogP contribution in [0.5, 0.6) is 0 Å². The van der Waals surface area contributed by atoms with Gasteiger partial charge in [0.25, 0.3) is 0 Å². The second kappa shape index (κ2) is 4.70. The average molecular weight is 278 g/mol. The molecular weight excluding hydrogens is 264 g/mol. The van der Waals surface area contributed by atoms with E-state index in [1.807, 2.05) is 24.3 Å². The molecule has 0 fully saturated rings. The number of aromatic nitrogens is 2. The third kappa shape index (κ3) is 2.07. The summed E-state index contributed by atoms with van der Waals surface area (Å²) >= 11 is 0. The molecule has 0 saturated carbocycles. The number of benzene rings is 1. The summed E-state index contributed by atoms with van der Waals surface area (Å²) in [6.07, 6.45) is 5.67. The Bertz CT molecular complexity index is 892. The average Bonchev–Trinajstić information content (AvgIpc) is 3.09. The van der Waals surface area contributed by atoms with Crippen LogP contribution in [-0.2, 0) is 0 Å². The Labute approximate surface area is 121 Å². The number of nitrogens with zero attached hydrogens (tertiary/aromatic N) is 3. The molecule has 1 aromatic carbocycles. The predicted molar refractivity (Wildman–Crippen MR) is 83.4 cm³/mol. The fourth-order valence-corrected chi connectivity index (χ4v) is 2.57. The van der Waals surface area contributed by atoms with Gasteiger partial charge in [0.05, 0.1) is 5.71 Å². The first-order valence-electron chi connectivity index (χ1n) is 6.93. The van der Waals surface area contributed by atoms with Crippen LogP contribution < -0.4 is 5.43 Å². The number of fused-ring (bicyclic) bond motifs is 3. The fourth-order valence-electron chi connectivity index (χ4n) is 2.57. The van der Waals surface area contributed by atoms with Gasteiger partial charge in [-0.15, -0.1) is 0 Å². The summed E-state index contributed by atoms with van der Waals surface area (Å²) in [5.41, 5.74) is 7.65. The Morgan fingerprint density at radius 3 is 2.95 bits per heavy atom. The lowest BCUT2D eigenvalue weighted by Gasteiger charge is -2.00. The molecule has 104 valence electrons. The largest absolute Gasteiger partial charge is 0.450 e. The molecule has 21 heavy (non-hydrogen) atoms. The molecule has 0 spiro atoms. The van der Waals surface area contributed by atoms with Gasteiger partial charge in [-0.05, 0) is 38.0 Å². The number of hydrogen-bond donors (Lipinski definition) is 1. The van der Waals surface area contributed by atoms with Crippen LogP contribution in [0.15, 0.2) is 51.8 Å². The molecular formula is C16H14N4O. The fraction of sp³-hybridized carbons (Fsp3) is 0.188. The first kappa shape index (κ1) is 12.1. The van der Waals surface area contributed by atoms with E-state index in [-0.39, 0.29) is 0 Å². The zero-order valence-corrected chi connectivity index (χ0v) is 11.6. The van der Waals surface area contributed by atoms with Crippen molar-refractivity contribution in [3.63, 3.8) is 0 Å². The van der Waals surface area contributed by atoms with Gasteiger partial charge >= 0.3 is 0 Å². The topological polar surface area (TPSA) is 63.3 Å². The van der Waals surface area contributed by atoms with Gasteiger partial charge in [0, 0.05) is 5.39 Å². The molecule has 0 radical (unpaired) electrons. The van der Waals surface area contributed by atoms with E-state index in [9.17, 15) is 0 Å². The molecule has 2 heterocycles. The Morgan fingerprint density at radius 2 is 2.10 bits per heavy atom. The molecule has 1 aliphatic rings. The zero-order chi connectivity index (χ0) is 14.2. The number of hydrazone groups is 1. The minimum atomic E-state index is 0.599. The molecule has 4 rings (SSSR count). The maximum absolute atomic E-state index is 5.85. The van der Waals surface area contributed by atoms with Crippen molar-refractivity contribution < 1.29 is 4.42 Å². The molecule has 3 aromatic rings. The van der Waals surface area contributed by atoms with Crippen molar-refractivity contribution in [3.05, 3.63) is 42.2 Å². The van der Waals surface area contributed by atoms with Crippen LogP contribution in [0.25, 0.3) is 22.1 Å². The van der Waals surface area contributed by atoms with Crippen molar-refractivity contribution in [1.82, 2.24) is 9.97 Å². The van der Waals surface area contributed by atoms with E-state index < -0.39 is 0 Å². The summed E-state index contributed by atoms with van der Waals surface area (Å²) in [5, 5.41) is 5.39. The van der Waals surface area contributed by atoms with Crippen LogP contribution in [0.4, 0.5) is 5.82 Å². The molecule has 0 aliphatic heterocycles. The first-order chi connectivity index (χ1) is 10.3. The monoisotopic (exact) mass is 278 g/mol. The van der Waals surface area contributed by atoms with E-state index in [0.29, 0.717) is 11.4 Å². The van der Waals surface area contributed by atoms with Gasteiger partial charge in [0.1, 0.15) is 17.4 Å². The Hall–Kier alpha value is -2.69. The Morgan fingerprint density at radius 1 is 1.19 bits per heavy atom. The van der Waals surface area contributed by atoms with Gasteiger partial charge in [0.2, 0.25) is 0 Å². The number of para-hydroxylation sites is 1. The summed E-state index contributed by atoms with van der Waals surface area (Å²) in [7, 11) is 0. The van der Waals surface area contributed by atoms with E-state index in [2.05, 4.69) is 33.5 Å². The molecule has 0 saturated heterocycles. The third-order valence-corrected chi connectivity index (χ3v) is 3.65. The highest BCUT2D eigenvalue weighted by Crippen LogP contribution is 2.30. The maximum atomic E-state index is 5.85. The lowest BCUT2D eigenvalue weighted by molar-refractivity contribution is 0.667. The summed E-state index contributed by atoms with van der Waals surface area (Å²) < 4.78 is 5.85. The van der Waals surface area contributed by atoms with Gasteiger partial charge < -0.3 is 4.42 Å². The van der Waals surface area contributed by atoms with Crippen molar-refractivity contribution in [3.8, 4) is 0 Å². The van der Waals surface area contributed by atoms with Crippen molar-refractivity contribution in [2.75, 3.05) is 5.43 Å². The van der Waals surface area contributed by atoms with Crippen molar-refractivity contribution >= 4 is 33.6 Å². The Kier molecular flexibility index (Phi) is 2.70. The van der Waals surface area contributed by atoms with E-state index in [0.717, 1.165) is 35.0 Å². The van der Waals surface area contributed by atoms with Gasteiger partial charge in [-0.1, -0.05) is 17.7 Å². The van der Waals surface area contributed by atoms with Crippen LogP contribution in [-0.4, -0.2) is 15.7 Å². The summed E-state index contributed by atoms with van der Waals surface area (Å²) in [5.74, 6) is 0.599. The van der Waals surface area contributed by atoms with Crippen molar-refractivity contribution in [1.29, 1.82) is 0 Å². The van der Waals surface area contributed by atoms with E-state index in [1.54, 1.807) is 0 Å². The second-order valence-corrected chi connectivity index (χ2v) is 5.20. The SMILES string of the molecule is CC1=C/C(=N/Nc2ncnc3c2oc2ccccc23)CC1. The highest BCUT2D eigenvalue weighted by Gasteiger charge is 2.13. The number of allylic oxidation sites excluding steroid dienone is 2. The molecule has 0 bridgehead atoms. The summed E-state index contributed by atoms with van der Waals surface area (Å²) in [6, 6.07) is 7.83. The summed E-state index contributed by atoms with van der Waals surface area (Å²) in [4.78, 5) is 8.55. The second-order valence-electron chi connectivity index (χ2n) is 5.20. The lowest BCUT2D eigenvalue weighted by atomic mass is 10.2. The molecule has 0 unspecified atom stereocenters. The maximum Gasteiger partial charge on any atom is 0.197 e. The summed E-state index contributed by atoms with van der Waals surface area (Å²) in [6.45, 7) is 2.12. The number of hydrogen-bond acceptors (Lipinski definition) is 5. The van der Waals surface area contributed by atoms with Gasteiger partial charge in [-0.25, -0.2) is 9.97 Å². The highest BCUT2D eigenvalue weighted by atomic mass is 16.3. The number of anilines is 1. The van der Waals surface area contributed by atoms with E-state index in [4.69, 9.17) is 4.42 Å². The van der Waals surface area contributed by atoms with Gasteiger partial charge in [-0.3, -0.25) is 5.43 Å². The zero-order valence-electron chi connectivity index (χ0n) is 11.6. The van der Waals surface area contributed by atoms with Crippen molar-refractivity contribution in [2.24, 2.45) is 5.10 Å². The predicted octanol–water partition coefficient (Wildman–Crippen LogP) is 3.88. The highest BCUT2D eigenvalue weighted by molar-refractivity contribution is 6.05. The van der Waals surface area contributed by atoms with Crippen LogP contribution in [0, 0.1) is 0 Å². The lowest BCUT2D eigenvalue weighted by Crippen LogP contribution is -1.98. The normalized spacial score (nSPS) is 16.8. The number of rotatable bonds is 2. The first-order valence-corrected chi connectivity index (χ1v) is 6.93. The number of furan rings is 1. The smallest absolute Gasteiger partial charge is 0.197 e. The van der Waals surface area contributed by atoms with E-state index >= 15 is 0 Å². The standard InChI is InChI=1S/C16H14N4O/c1-10-6-7-11(8-10)19-20-16-15-14(17-9-18-16)12-4-2-3-5-13(12)21-15/h2-5,8-9H,6-7H2,1H3,(H,17,18,20)/b19-11+. The third-order valence-electron chi connectivity index (χ3n) is 3.65. The van der Waals surface area contributed by atoms with Crippen LogP contribution in [0.2, 0.25) is 0 Å². The molecule has 2 aromatic heterocycles. The molecule has 0 amide bonds. The van der Waals surface area contributed by atoms with Gasteiger partial charge in [0.15, 0.2) is 11.4 Å². The quantitative estimate of drug-likeness (QED) is 0.722. The van der Waals surface area contributed by atoms with Gasteiger partial charge in [-0.2, -0.15) is 5.10 Å². The molecule has 1 aliphatic carbocycles. The molecule has 0 atom stereocenters. The van der Waals surface area contributed by atoms with E-state index in [1.165, 1.54) is 11.9 Å². The van der Waals surface area contributed by atoms with Crippen LogP contribution >= 0.6 is 0 Å². The molecule has 5 heteroatoms. The minimum absolute atomic E-state index is 0.599. The number of nitrogens with one attached hydrogen (secondary N) is 1. The van der Waals surface area contributed by atoms with Crippen LogP contribution in [0.1, 0.15) is 19.8 Å². The molecule has 1 N–H and O–H groups in total.